The topological polar surface area (TPSA) is 79.8 Å². The number of benzene rings is 1. The quantitative estimate of drug-likeness (QED) is 0.775. The predicted octanol–water partition coefficient (Wildman–Crippen LogP) is 1.39. The highest BCUT2D eigenvalue weighted by molar-refractivity contribution is 8.15. The molecule has 0 aliphatic carbocycles. The summed E-state index contributed by atoms with van der Waals surface area (Å²) < 4.78 is 18.3. The summed E-state index contributed by atoms with van der Waals surface area (Å²) in [4.78, 5) is 27.8. The number of methoxy groups -OCH3 is 1. The number of thioether (sulfide) groups is 1. The van der Waals surface area contributed by atoms with Gasteiger partial charge in [-0.05, 0) is 12.1 Å². The van der Waals surface area contributed by atoms with Crippen molar-refractivity contribution in [1.29, 1.82) is 0 Å². The minimum absolute atomic E-state index is 0.0475. The molecule has 0 bridgehead atoms. The maximum absolute atomic E-state index is 13.4. The summed E-state index contributed by atoms with van der Waals surface area (Å²) in [5.41, 5.74) is 0.102. The lowest BCUT2D eigenvalue weighted by molar-refractivity contribution is -0.122. The maximum Gasteiger partial charge on any atom is 0.240 e. The van der Waals surface area contributed by atoms with Gasteiger partial charge in [-0.25, -0.2) is 4.39 Å². The van der Waals surface area contributed by atoms with Crippen molar-refractivity contribution in [2.24, 2.45) is 4.99 Å². The molecule has 2 amide bonds. The fraction of sp³-hybridized carbons (Fsp3) is 0.357. The molecule has 1 atom stereocenters. The van der Waals surface area contributed by atoms with Crippen molar-refractivity contribution in [3.8, 4) is 0 Å². The minimum Gasteiger partial charge on any atom is -0.383 e. The van der Waals surface area contributed by atoms with Crippen LogP contribution in [0, 0.1) is 5.82 Å². The van der Waals surface area contributed by atoms with Crippen molar-refractivity contribution >= 4 is 34.4 Å². The van der Waals surface area contributed by atoms with E-state index < -0.39 is 17.0 Å². The Balaban J connectivity index is 1.88. The average molecular weight is 325 g/mol. The van der Waals surface area contributed by atoms with Crippen molar-refractivity contribution in [3.05, 3.63) is 30.1 Å². The number of nitrogens with zero attached hydrogens (tertiary/aromatic N) is 1. The number of hydrogen-bond acceptors (Lipinski definition) is 5. The number of ether oxygens (including phenoxy) is 1. The summed E-state index contributed by atoms with van der Waals surface area (Å²) in [6.45, 7) is 0.894. The van der Waals surface area contributed by atoms with Gasteiger partial charge < -0.3 is 15.4 Å². The number of rotatable bonds is 6. The van der Waals surface area contributed by atoms with Gasteiger partial charge in [0.15, 0.2) is 5.17 Å². The van der Waals surface area contributed by atoms with Crippen molar-refractivity contribution in [2.75, 3.05) is 25.6 Å². The fourth-order valence-electron chi connectivity index (χ4n) is 1.79. The molecule has 2 N–H and O–H groups in total. The smallest absolute Gasteiger partial charge is 0.240 e. The molecule has 1 saturated heterocycles. The Morgan fingerprint density at radius 2 is 2.27 bits per heavy atom. The first-order valence-electron chi connectivity index (χ1n) is 6.65. The van der Waals surface area contributed by atoms with Gasteiger partial charge in [-0.15, -0.1) is 0 Å². The highest BCUT2D eigenvalue weighted by atomic mass is 32.2. The van der Waals surface area contributed by atoms with E-state index in [-0.39, 0.29) is 18.0 Å². The number of anilines is 1. The van der Waals surface area contributed by atoms with E-state index in [0.29, 0.717) is 18.3 Å². The summed E-state index contributed by atoms with van der Waals surface area (Å²) in [5.74, 6) is -1.21. The van der Waals surface area contributed by atoms with Crippen LogP contribution >= 0.6 is 11.8 Å². The van der Waals surface area contributed by atoms with E-state index in [0.717, 1.165) is 0 Å². The lowest BCUT2D eigenvalue weighted by Gasteiger charge is -2.08. The summed E-state index contributed by atoms with van der Waals surface area (Å²) in [7, 11) is 1.57. The second-order valence-corrected chi connectivity index (χ2v) is 5.70. The molecule has 1 fully saturated rings. The molecule has 0 saturated carbocycles. The standard InChI is InChI=1S/C14H16FN3O3S/c1-21-7-6-16-14-18-13(20)11(22-14)8-12(19)17-10-5-3-2-4-9(10)15/h2-5,11H,6-8H2,1H3,(H,17,19)(H,16,18,20)/t11-/m1/s1. The molecule has 1 aromatic carbocycles. The van der Waals surface area contributed by atoms with Gasteiger partial charge in [-0.1, -0.05) is 23.9 Å². The normalized spacial score (nSPS) is 19.3. The van der Waals surface area contributed by atoms with Crippen LogP contribution in [-0.4, -0.2) is 42.5 Å². The molecule has 0 radical (unpaired) electrons. The predicted molar refractivity (Wildman–Crippen MR) is 83.3 cm³/mol. The molecule has 2 rings (SSSR count). The zero-order valence-corrected chi connectivity index (χ0v) is 12.8. The van der Waals surface area contributed by atoms with E-state index in [2.05, 4.69) is 15.6 Å². The van der Waals surface area contributed by atoms with Crippen LogP contribution < -0.4 is 10.6 Å². The molecule has 0 spiro atoms. The molecule has 1 heterocycles. The van der Waals surface area contributed by atoms with Crippen LogP contribution in [0.3, 0.4) is 0 Å². The molecule has 8 heteroatoms. The summed E-state index contributed by atoms with van der Waals surface area (Å²) in [6, 6.07) is 5.88. The number of amidine groups is 1. The first kappa shape index (κ1) is 16.4. The van der Waals surface area contributed by atoms with Crippen molar-refractivity contribution in [3.63, 3.8) is 0 Å². The van der Waals surface area contributed by atoms with Crippen LogP contribution in [0.4, 0.5) is 10.1 Å². The highest BCUT2D eigenvalue weighted by Gasteiger charge is 2.32. The van der Waals surface area contributed by atoms with Crippen LogP contribution in [-0.2, 0) is 14.3 Å². The Labute approximate surface area is 131 Å². The average Bonchev–Trinajstić information content (AvgIpc) is 2.82. The zero-order chi connectivity index (χ0) is 15.9. The van der Waals surface area contributed by atoms with Crippen LogP contribution in [0.25, 0.3) is 0 Å². The second kappa shape index (κ2) is 7.90. The van der Waals surface area contributed by atoms with E-state index >= 15 is 0 Å². The molecule has 1 aliphatic rings. The second-order valence-electron chi connectivity index (χ2n) is 4.51. The Hall–Kier alpha value is -1.93. The molecule has 0 aromatic heterocycles. The Bertz CT molecular complexity index is 594. The molecule has 1 aromatic rings. The van der Waals surface area contributed by atoms with Crippen LogP contribution in [0.5, 0.6) is 0 Å². The SMILES string of the molecule is COCCN=C1NC(=O)[C@@H](CC(=O)Nc2ccccc2F)S1. The largest absolute Gasteiger partial charge is 0.383 e. The maximum atomic E-state index is 13.4. The first-order valence-corrected chi connectivity index (χ1v) is 7.53. The van der Waals surface area contributed by atoms with E-state index in [1.807, 2.05) is 0 Å². The van der Waals surface area contributed by atoms with Crippen molar-refractivity contribution < 1.29 is 18.7 Å². The third-order valence-corrected chi connectivity index (χ3v) is 3.97. The van der Waals surface area contributed by atoms with Gasteiger partial charge in [0, 0.05) is 13.5 Å². The molecular weight excluding hydrogens is 309 g/mol. The number of halogens is 1. The summed E-state index contributed by atoms with van der Waals surface area (Å²) in [6.07, 6.45) is -0.0475. The lowest BCUT2D eigenvalue weighted by Crippen LogP contribution is -2.28. The van der Waals surface area contributed by atoms with Gasteiger partial charge in [0.1, 0.15) is 11.1 Å². The van der Waals surface area contributed by atoms with E-state index in [9.17, 15) is 14.0 Å². The van der Waals surface area contributed by atoms with Gasteiger partial charge in [0.25, 0.3) is 0 Å². The van der Waals surface area contributed by atoms with Crippen LogP contribution in [0.1, 0.15) is 6.42 Å². The third-order valence-electron chi connectivity index (χ3n) is 2.85. The number of amides is 2. The molecular formula is C14H16FN3O3S. The van der Waals surface area contributed by atoms with E-state index in [1.54, 1.807) is 13.2 Å². The van der Waals surface area contributed by atoms with Crippen LogP contribution in [0.2, 0.25) is 0 Å². The van der Waals surface area contributed by atoms with Crippen molar-refractivity contribution in [2.45, 2.75) is 11.7 Å². The van der Waals surface area contributed by atoms with Crippen LogP contribution in [0.15, 0.2) is 29.3 Å². The monoisotopic (exact) mass is 325 g/mol. The summed E-state index contributed by atoms with van der Waals surface area (Å²) >= 11 is 1.19. The number of carbonyl (C=O) groups excluding carboxylic acids is 2. The zero-order valence-electron chi connectivity index (χ0n) is 12.0. The number of hydrogen-bond donors (Lipinski definition) is 2. The Morgan fingerprint density at radius 3 is 3.00 bits per heavy atom. The minimum atomic E-state index is -0.562. The number of nitrogens with one attached hydrogen (secondary N) is 2. The molecule has 0 unspecified atom stereocenters. The van der Waals surface area contributed by atoms with Gasteiger partial charge in [-0.3, -0.25) is 14.6 Å². The van der Waals surface area contributed by atoms with E-state index in [1.165, 1.54) is 30.0 Å². The molecule has 6 nitrogen and oxygen atoms in total. The number of para-hydroxylation sites is 1. The number of aliphatic imine (C=N–C) groups is 1. The number of carbonyl (C=O) groups is 2. The third kappa shape index (κ3) is 4.54. The van der Waals surface area contributed by atoms with Gasteiger partial charge in [0.2, 0.25) is 11.8 Å². The Kier molecular flexibility index (Phi) is 5.91. The van der Waals surface area contributed by atoms with Gasteiger partial charge in [0.05, 0.1) is 18.8 Å². The van der Waals surface area contributed by atoms with E-state index in [4.69, 9.17) is 4.74 Å². The molecule has 118 valence electrons. The van der Waals surface area contributed by atoms with Crippen molar-refractivity contribution in [1.82, 2.24) is 5.32 Å². The highest BCUT2D eigenvalue weighted by Crippen LogP contribution is 2.23. The molecule has 1 aliphatic heterocycles. The van der Waals surface area contributed by atoms with Gasteiger partial charge >= 0.3 is 0 Å². The Morgan fingerprint density at radius 1 is 1.50 bits per heavy atom. The lowest BCUT2D eigenvalue weighted by atomic mass is 10.2. The summed E-state index contributed by atoms with van der Waals surface area (Å²) in [5, 5.41) is 4.98. The molecule has 22 heavy (non-hydrogen) atoms. The van der Waals surface area contributed by atoms with Gasteiger partial charge in [-0.2, -0.15) is 0 Å². The fourth-order valence-corrected chi connectivity index (χ4v) is 2.78. The first-order chi connectivity index (χ1) is 10.6.